The van der Waals surface area contributed by atoms with Gasteiger partial charge in [-0.15, -0.1) is 0 Å². The number of piperidine rings is 2. The molecule has 5 rings (SSSR count). The number of nitrogens with zero attached hydrogens (tertiary/aromatic N) is 3. The van der Waals surface area contributed by atoms with Gasteiger partial charge in [0.1, 0.15) is 0 Å². The molecule has 3 fully saturated rings. The summed E-state index contributed by atoms with van der Waals surface area (Å²) in [5.74, 6) is -1.73. The number of halogens is 6. The van der Waals surface area contributed by atoms with Crippen LogP contribution in [0, 0.1) is 18.8 Å². The lowest BCUT2D eigenvalue weighted by molar-refractivity contribution is -0.145. The van der Waals surface area contributed by atoms with Crippen LogP contribution >= 0.6 is 0 Å². The zero-order valence-corrected chi connectivity index (χ0v) is 25.7. The van der Waals surface area contributed by atoms with Crippen LogP contribution in [0.1, 0.15) is 65.8 Å². The third kappa shape index (κ3) is 7.44. The lowest BCUT2D eigenvalue weighted by Gasteiger charge is -2.42. The minimum Gasteiger partial charge on any atom is -0.453 e. The molecule has 1 aliphatic carbocycles. The monoisotopic (exact) mass is 653 g/mol. The standard InChI is InChI=1S/C33H37F6N3O4/c1-20-5-3-4-6-26(20)28-19-41(29(43)22-9-12-40(13-10-22)31(45)46-2)14-11-27(28)30(44)42(25-7-8-25)18-21-15-23(32(34,35)36)17-24(16-21)33(37,38)39/h3-6,15-17,22,25,27-28H,7-14,18-19H2,1-2H3/t27-,28+/m1/s1. The molecule has 0 unspecified atom stereocenters. The third-order valence-corrected chi connectivity index (χ3v) is 9.38. The molecule has 2 heterocycles. The molecule has 3 amide bonds. The number of rotatable bonds is 6. The zero-order valence-electron chi connectivity index (χ0n) is 25.7. The van der Waals surface area contributed by atoms with Gasteiger partial charge in [-0.25, -0.2) is 4.79 Å². The molecule has 0 spiro atoms. The summed E-state index contributed by atoms with van der Waals surface area (Å²) in [7, 11) is 1.31. The lowest BCUT2D eigenvalue weighted by atomic mass is 9.77. The molecule has 2 aromatic rings. The predicted octanol–water partition coefficient (Wildman–Crippen LogP) is 6.63. The number of methoxy groups -OCH3 is 1. The van der Waals surface area contributed by atoms with Gasteiger partial charge in [-0.3, -0.25) is 9.59 Å². The topological polar surface area (TPSA) is 70.2 Å². The Hall–Kier alpha value is -3.77. The fourth-order valence-electron chi connectivity index (χ4n) is 6.76. The summed E-state index contributed by atoms with van der Waals surface area (Å²) in [5, 5.41) is 0. The second-order valence-corrected chi connectivity index (χ2v) is 12.5. The summed E-state index contributed by atoms with van der Waals surface area (Å²) in [6.45, 7) is 2.84. The number of carbonyl (C=O) groups excluding carboxylic acids is 3. The van der Waals surface area contributed by atoms with E-state index in [2.05, 4.69) is 0 Å². The Morgan fingerprint density at radius 1 is 0.848 bits per heavy atom. The molecule has 13 heteroatoms. The molecule has 7 nitrogen and oxygen atoms in total. The van der Waals surface area contributed by atoms with Crippen molar-refractivity contribution in [3.63, 3.8) is 0 Å². The highest BCUT2D eigenvalue weighted by molar-refractivity contribution is 5.83. The van der Waals surface area contributed by atoms with E-state index < -0.39 is 41.4 Å². The van der Waals surface area contributed by atoms with Crippen LogP contribution in [-0.4, -0.2) is 71.9 Å². The van der Waals surface area contributed by atoms with Crippen molar-refractivity contribution in [1.82, 2.24) is 14.7 Å². The van der Waals surface area contributed by atoms with Crippen molar-refractivity contribution in [1.29, 1.82) is 0 Å². The number of carbonyl (C=O) groups is 3. The molecule has 2 saturated heterocycles. The first-order valence-electron chi connectivity index (χ1n) is 15.4. The molecule has 2 aliphatic heterocycles. The first kappa shape index (κ1) is 33.6. The second kappa shape index (κ2) is 13.2. The molecule has 2 aromatic carbocycles. The normalized spacial score (nSPS) is 21.2. The summed E-state index contributed by atoms with van der Waals surface area (Å²) in [6, 6.07) is 8.67. The van der Waals surface area contributed by atoms with Crippen molar-refractivity contribution in [3.05, 3.63) is 70.3 Å². The van der Waals surface area contributed by atoms with Gasteiger partial charge >= 0.3 is 18.4 Å². The van der Waals surface area contributed by atoms with E-state index in [0.29, 0.717) is 57.3 Å². The van der Waals surface area contributed by atoms with Gasteiger partial charge in [0.25, 0.3) is 0 Å². The van der Waals surface area contributed by atoms with Crippen LogP contribution < -0.4 is 0 Å². The summed E-state index contributed by atoms with van der Waals surface area (Å²) < 4.78 is 86.2. The SMILES string of the molecule is COC(=O)N1CCC(C(=O)N2CC[C@@H](C(=O)N(Cc3cc(C(F)(F)F)cc(C(F)(F)F)c3)C3CC3)[C@H](c3ccccc3C)C2)CC1. The highest BCUT2D eigenvalue weighted by Crippen LogP contribution is 2.41. The zero-order chi connectivity index (χ0) is 33.4. The van der Waals surface area contributed by atoms with Gasteiger partial charge in [-0.2, -0.15) is 26.3 Å². The van der Waals surface area contributed by atoms with E-state index in [-0.39, 0.29) is 55.0 Å². The van der Waals surface area contributed by atoms with E-state index in [1.807, 2.05) is 31.2 Å². The van der Waals surface area contributed by atoms with E-state index in [9.17, 15) is 40.7 Å². The smallest absolute Gasteiger partial charge is 0.416 e. The van der Waals surface area contributed by atoms with Crippen LogP contribution in [0.5, 0.6) is 0 Å². The number of amides is 3. The molecular weight excluding hydrogens is 616 g/mol. The molecule has 1 saturated carbocycles. The molecule has 0 radical (unpaired) electrons. The van der Waals surface area contributed by atoms with Crippen molar-refractivity contribution in [2.24, 2.45) is 11.8 Å². The van der Waals surface area contributed by atoms with E-state index in [1.54, 1.807) is 9.80 Å². The van der Waals surface area contributed by atoms with E-state index >= 15 is 0 Å². The Kier molecular flexibility index (Phi) is 9.60. The summed E-state index contributed by atoms with van der Waals surface area (Å²) in [4.78, 5) is 44.6. The Morgan fingerprint density at radius 2 is 1.43 bits per heavy atom. The number of hydrogen-bond donors (Lipinski definition) is 0. The van der Waals surface area contributed by atoms with Crippen molar-refractivity contribution >= 4 is 17.9 Å². The van der Waals surface area contributed by atoms with E-state index in [1.165, 1.54) is 12.0 Å². The van der Waals surface area contributed by atoms with Gasteiger partial charge in [0.05, 0.1) is 18.2 Å². The van der Waals surface area contributed by atoms with Crippen LogP contribution in [0.3, 0.4) is 0 Å². The number of aryl methyl sites for hydroxylation is 1. The van der Waals surface area contributed by atoms with Crippen LogP contribution in [0.4, 0.5) is 31.1 Å². The Bertz CT molecular complexity index is 1420. The molecule has 46 heavy (non-hydrogen) atoms. The lowest BCUT2D eigenvalue weighted by Crippen LogP contribution is -2.51. The number of hydrogen-bond acceptors (Lipinski definition) is 4. The number of benzene rings is 2. The van der Waals surface area contributed by atoms with Crippen LogP contribution in [0.15, 0.2) is 42.5 Å². The quantitative estimate of drug-likeness (QED) is 0.328. The third-order valence-electron chi connectivity index (χ3n) is 9.38. The van der Waals surface area contributed by atoms with E-state index in [0.717, 1.165) is 11.1 Å². The maximum atomic E-state index is 14.3. The first-order valence-corrected chi connectivity index (χ1v) is 15.4. The van der Waals surface area contributed by atoms with Crippen molar-refractivity contribution in [2.75, 3.05) is 33.3 Å². The van der Waals surface area contributed by atoms with Crippen LogP contribution in [0.25, 0.3) is 0 Å². The van der Waals surface area contributed by atoms with Gasteiger partial charge in [0.2, 0.25) is 11.8 Å². The molecule has 2 atom stereocenters. The van der Waals surface area contributed by atoms with E-state index in [4.69, 9.17) is 4.74 Å². The first-order chi connectivity index (χ1) is 21.7. The van der Waals surface area contributed by atoms with Gasteiger partial charge in [0.15, 0.2) is 0 Å². The minimum atomic E-state index is -4.99. The average Bonchev–Trinajstić information content (AvgIpc) is 3.87. The maximum Gasteiger partial charge on any atom is 0.416 e. The Balaban J connectivity index is 1.39. The highest BCUT2D eigenvalue weighted by atomic mass is 19.4. The number of likely N-dealkylation sites (tertiary alicyclic amines) is 2. The number of ether oxygens (including phenoxy) is 1. The van der Waals surface area contributed by atoms with Gasteiger partial charge in [-0.05, 0) is 73.9 Å². The highest BCUT2D eigenvalue weighted by Gasteiger charge is 2.44. The second-order valence-electron chi connectivity index (χ2n) is 12.5. The molecule has 0 bridgehead atoms. The number of alkyl halides is 6. The molecular formula is C33H37F6N3O4. The average molecular weight is 654 g/mol. The van der Waals surface area contributed by atoms with Crippen molar-refractivity contribution < 1.29 is 45.5 Å². The molecule has 0 N–H and O–H groups in total. The van der Waals surface area contributed by atoms with Crippen LogP contribution in [0.2, 0.25) is 0 Å². The Labute approximate surface area is 263 Å². The summed E-state index contributed by atoms with van der Waals surface area (Å²) >= 11 is 0. The molecule has 3 aliphatic rings. The predicted molar refractivity (Wildman–Crippen MR) is 155 cm³/mol. The minimum absolute atomic E-state index is 0.0586. The van der Waals surface area contributed by atoms with Gasteiger partial charge < -0.3 is 19.4 Å². The fraction of sp³-hybridized carbons (Fsp3) is 0.545. The summed E-state index contributed by atoms with van der Waals surface area (Å²) in [6.07, 6.45) is -7.96. The summed E-state index contributed by atoms with van der Waals surface area (Å²) in [5.41, 5.74) is -1.28. The van der Waals surface area contributed by atoms with Crippen molar-refractivity contribution in [2.45, 2.75) is 69.9 Å². The van der Waals surface area contributed by atoms with Crippen molar-refractivity contribution in [3.8, 4) is 0 Å². The molecule has 250 valence electrons. The maximum absolute atomic E-state index is 14.3. The largest absolute Gasteiger partial charge is 0.453 e. The van der Waals surface area contributed by atoms with Crippen LogP contribution in [-0.2, 0) is 33.2 Å². The van der Waals surface area contributed by atoms with Gasteiger partial charge in [0, 0.05) is 56.5 Å². The Morgan fingerprint density at radius 3 is 1.98 bits per heavy atom. The van der Waals surface area contributed by atoms with Gasteiger partial charge in [-0.1, -0.05) is 24.3 Å². The molecule has 0 aromatic heterocycles. The fourth-order valence-corrected chi connectivity index (χ4v) is 6.76.